The van der Waals surface area contributed by atoms with E-state index in [0.29, 0.717) is 6.54 Å². The lowest BCUT2D eigenvalue weighted by molar-refractivity contribution is 0.372. The third-order valence-corrected chi connectivity index (χ3v) is 5.20. The average molecular weight is 538 g/mol. The standard InChI is InChI=1S/C21H24ClN7.HI/c1-23-21(25-16-17-6-8-24-20(14-17)29-9-3-7-26-29)28-12-10-27(11-13-28)19-5-2-4-18(22)15-19;/h2-9,14-15H,10-13,16H2,1H3,(H,23,25);1H. The molecule has 158 valence electrons. The van der Waals surface area contributed by atoms with Crippen molar-refractivity contribution >= 4 is 47.2 Å². The van der Waals surface area contributed by atoms with Gasteiger partial charge in [0.05, 0.1) is 0 Å². The lowest BCUT2D eigenvalue weighted by atomic mass is 10.2. The van der Waals surface area contributed by atoms with Crippen LogP contribution < -0.4 is 10.2 Å². The van der Waals surface area contributed by atoms with Crippen LogP contribution >= 0.6 is 35.6 Å². The Morgan fingerprint density at radius 1 is 1.10 bits per heavy atom. The van der Waals surface area contributed by atoms with Crippen molar-refractivity contribution in [3.05, 3.63) is 71.6 Å². The highest BCUT2D eigenvalue weighted by Gasteiger charge is 2.20. The van der Waals surface area contributed by atoms with Crippen LogP contribution in [-0.4, -0.2) is 58.9 Å². The van der Waals surface area contributed by atoms with E-state index in [1.165, 1.54) is 5.69 Å². The first-order chi connectivity index (χ1) is 14.2. The number of pyridine rings is 1. The Labute approximate surface area is 198 Å². The van der Waals surface area contributed by atoms with Crippen molar-refractivity contribution in [3.8, 4) is 5.82 Å². The Bertz CT molecular complexity index is 969. The van der Waals surface area contributed by atoms with Crippen LogP contribution in [0.1, 0.15) is 5.56 Å². The molecular formula is C21H25ClIN7. The molecule has 0 saturated carbocycles. The van der Waals surface area contributed by atoms with Crippen molar-refractivity contribution in [1.29, 1.82) is 0 Å². The second-order valence-electron chi connectivity index (χ2n) is 6.83. The Morgan fingerprint density at radius 2 is 1.93 bits per heavy atom. The lowest BCUT2D eigenvalue weighted by Crippen LogP contribution is -2.52. The van der Waals surface area contributed by atoms with E-state index >= 15 is 0 Å². The van der Waals surface area contributed by atoms with Crippen molar-refractivity contribution in [3.63, 3.8) is 0 Å². The highest BCUT2D eigenvalue weighted by atomic mass is 127. The summed E-state index contributed by atoms with van der Waals surface area (Å²) in [7, 11) is 1.83. The summed E-state index contributed by atoms with van der Waals surface area (Å²) in [5.74, 6) is 1.72. The van der Waals surface area contributed by atoms with Gasteiger partial charge in [0.15, 0.2) is 11.8 Å². The molecule has 0 atom stereocenters. The highest BCUT2D eigenvalue weighted by molar-refractivity contribution is 14.0. The molecule has 2 aromatic heterocycles. The molecule has 1 aromatic carbocycles. The molecule has 0 bridgehead atoms. The number of rotatable bonds is 4. The predicted molar refractivity (Wildman–Crippen MR) is 132 cm³/mol. The molecule has 0 radical (unpaired) electrons. The number of hydrogen-bond donors (Lipinski definition) is 1. The van der Waals surface area contributed by atoms with E-state index in [9.17, 15) is 0 Å². The zero-order valence-electron chi connectivity index (χ0n) is 16.8. The third-order valence-electron chi connectivity index (χ3n) is 4.96. The molecule has 0 aliphatic carbocycles. The quantitative estimate of drug-likeness (QED) is 0.314. The van der Waals surface area contributed by atoms with E-state index in [1.54, 1.807) is 17.1 Å². The summed E-state index contributed by atoms with van der Waals surface area (Å²) in [5.41, 5.74) is 2.30. The van der Waals surface area contributed by atoms with Gasteiger partial charge in [0.2, 0.25) is 0 Å². The van der Waals surface area contributed by atoms with Gasteiger partial charge >= 0.3 is 0 Å². The van der Waals surface area contributed by atoms with Gasteiger partial charge in [-0.25, -0.2) is 9.67 Å². The number of nitrogens with one attached hydrogen (secondary N) is 1. The molecule has 0 unspecified atom stereocenters. The molecule has 0 spiro atoms. The Hall–Kier alpha value is -2.33. The van der Waals surface area contributed by atoms with Crippen LogP contribution in [0.4, 0.5) is 5.69 Å². The first-order valence-corrected chi connectivity index (χ1v) is 10.0. The number of benzene rings is 1. The minimum absolute atomic E-state index is 0. The van der Waals surface area contributed by atoms with E-state index in [1.807, 2.05) is 49.6 Å². The summed E-state index contributed by atoms with van der Waals surface area (Å²) in [6, 6.07) is 14.0. The minimum Gasteiger partial charge on any atom is -0.368 e. The second kappa shape index (κ2) is 10.6. The van der Waals surface area contributed by atoms with Crippen molar-refractivity contribution in [1.82, 2.24) is 25.0 Å². The van der Waals surface area contributed by atoms with Crippen LogP contribution in [0.25, 0.3) is 5.82 Å². The molecule has 4 rings (SSSR count). The fourth-order valence-corrected chi connectivity index (χ4v) is 3.65. The third kappa shape index (κ3) is 5.42. The van der Waals surface area contributed by atoms with Gasteiger partial charge in [-0.3, -0.25) is 4.99 Å². The van der Waals surface area contributed by atoms with E-state index < -0.39 is 0 Å². The monoisotopic (exact) mass is 537 g/mol. The van der Waals surface area contributed by atoms with Crippen LogP contribution in [0.5, 0.6) is 0 Å². The number of piperazine rings is 1. The maximum absolute atomic E-state index is 6.13. The fraction of sp³-hybridized carbons (Fsp3) is 0.286. The smallest absolute Gasteiger partial charge is 0.194 e. The second-order valence-corrected chi connectivity index (χ2v) is 7.26. The molecule has 1 saturated heterocycles. The number of aliphatic imine (C=N–C) groups is 1. The lowest BCUT2D eigenvalue weighted by Gasteiger charge is -2.37. The predicted octanol–water partition coefficient (Wildman–Crippen LogP) is 3.44. The Kier molecular flexibility index (Phi) is 7.92. The summed E-state index contributed by atoms with van der Waals surface area (Å²) < 4.78 is 1.76. The van der Waals surface area contributed by atoms with Gasteiger partial charge in [0, 0.05) is 69.1 Å². The number of anilines is 1. The van der Waals surface area contributed by atoms with Crippen molar-refractivity contribution in [2.45, 2.75) is 6.54 Å². The first kappa shape index (κ1) is 22.4. The van der Waals surface area contributed by atoms with Gasteiger partial charge in [-0.15, -0.1) is 24.0 Å². The number of halogens is 2. The van der Waals surface area contributed by atoms with Gasteiger partial charge in [-0.2, -0.15) is 5.10 Å². The highest BCUT2D eigenvalue weighted by Crippen LogP contribution is 2.20. The van der Waals surface area contributed by atoms with Crippen LogP contribution in [0.2, 0.25) is 5.02 Å². The maximum Gasteiger partial charge on any atom is 0.194 e. The summed E-state index contributed by atoms with van der Waals surface area (Å²) >= 11 is 6.13. The van der Waals surface area contributed by atoms with Crippen molar-refractivity contribution < 1.29 is 0 Å². The van der Waals surface area contributed by atoms with E-state index in [4.69, 9.17) is 11.6 Å². The van der Waals surface area contributed by atoms with E-state index in [-0.39, 0.29) is 24.0 Å². The normalized spacial score (nSPS) is 14.4. The molecule has 9 heteroatoms. The number of guanidine groups is 1. The SMILES string of the molecule is CN=C(NCc1ccnc(-n2cccn2)c1)N1CCN(c2cccc(Cl)c2)CC1.I. The van der Waals surface area contributed by atoms with E-state index in [2.05, 4.69) is 36.3 Å². The number of hydrogen-bond acceptors (Lipinski definition) is 4. The molecule has 1 aliphatic heterocycles. The van der Waals surface area contributed by atoms with Gasteiger partial charge in [-0.05, 0) is 42.0 Å². The number of nitrogens with zero attached hydrogens (tertiary/aromatic N) is 6. The minimum atomic E-state index is 0. The topological polar surface area (TPSA) is 61.6 Å². The molecular weight excluding hydrogens is 513 g/mol. The fourth-order valence-electron chi connectivity index (χ4n) is 3.46. The van der Waals surface area contributed by atoms with Gasteiger partial charge < -0.3 is 15.1 Å². The zero-order valence-corrected chi connectivity index (χ0v) is 19.9. The zero-order chi connectivity index (χ0) is 20.1. The molecule has 30 heavy (non-hydrogen) atoms. The van der Waals surface area contributed by atoms with Crippen LogP contribution in [-0.2, 0) is 6.54 Å². The Balaban J connectivity index is 0.00000256. The van der Waals surface area contributed by atoms with Gasteiger partial charge in [0.1, 0.15) is 0 Å². The summed E-state index contributed by atoms with van der Waals surface area (Å²) in [6.45, 7) is 4.35. The molecule has 0 amide bonds. The molecule has 3 aromatic rings. The molecule has 7 nitrogen and oxygen atoms in total. The van der Waals surface area contributed by atoms with Gasteiger partial charge in [-0.1, -0.05) is 17.7 Å². The van der Waals surface area contributed by atoms with Crippen LogP contribution in [0, 0.1) is 0 Å². The van der Waals surface area contributed by atoms with Crippen LogP contribution in [0.15, 0.2) is 66.0 Å². The number of aromatic nitrogens is 3. The summed E-state index contributed by atoms with van der Waals surface area (Å²) in [5, 5.41) is 8.48. The molecule has 1 N–H and O–H groups in total. The largest absolute Gasteiger partial charge is 0.368 e. The van der Waals surface area contributed by atoms with Crippen molar-refractivity contribution in [2.75, 3.05) is 38.1 Å². The summed E-state index contributed by atoms with van der Waals surface area (Å²) in [4.78, 5) is 13.5. The molecule has 3 heterocycles. The Morgan fingerprint density at radius 3 is 2.63 bits per heavy atom. The maximum atomic E-state index is 6.13. The first-order valence-electron chi connectivity index (χ1n) is 9.64. The molecule has 1 aliphatic rings. The average Bonchev–Trinajstić information content (AvgIpc) is 3.30. The van der Waals surface area contributed by atoms with Crippen molar-refractivity contribution in [2.24, 2.45) is 4.99 Å². The summed E-state index contributed by atoms with van der Waals surface area (Å²) in [6.07, 6.45) is 5.44. The van der Waals surface area contributed by atoms with Gasteiger partial charge in [0.25, 0.3) is 0 Å². The molecule has 1 fully saturated rings. The van der Waals surface area contributed by atoms with E-state index in [0.717, 1.165) is 48.5 Å². The van der Waals surface area contributed by atoms with Crippen LogP contribution in [0.3, 0.4) is 0 Å².